The van der Waals surface area contributed by atoms with Crippen molar-refractivity contribution in [2.24, 2.45) is 5.92 Å². The van der Waals surface area contributed by atoms with Gasteiger partial charge in [0.15, 0.2) is 0 Å². The number of methoxy groups -OCH3 is 1. The minimum Gasteiger partial charge on any atom is -0.481 e. The summed E-state index contributed by atoms with van der Waals surface area (Å²) in [5.41, 5.74) is 2.29. The molecule has 1 N–H and O–H groups in total. The molecule has 0 spiro atoms. The predicted octanol–water partition coefficient (Wildman–Crippen LogP) is 2.64. The highest BCUT2D eigenvalue weighted by molar-refractivity contribution is 5.94. The Bertz CT molecular complexity index is 814. The van der Waals surface area contributed by atoms with Crippen molar-refractivity contribution < 1.29 is 18.7 Å². The first-order chi connectivity index (χ1) is 12.6. The van der Waals surface area contributed by atoms with Gasteiger partial charge in [-0.05, 0) is 30.7 Å². The number of ether oxygens (including phenoxy) is 2. The van der Waals surface area contributed by atoms with Gasteiger partial charge in [-0.1, -0.05) is 0 Å². The Kier molecular flexibility index (Phi) is 4.32. The second-order valence-electron chi connectivity index (χ2n) is 6.75. The van der Waals surface area contributed by atoms with E-state index >= 15 is 0 Å². The van der Waals surface area contributed by atoms with E-state index in [1.165, 1.54) is 13.3 Å². The van der Waals surface area contributed by atoms with Crippen LogP contribution in [0.5, 0.6) is 5.88 Å². The molecule has 26 heavy (non-hydrogen) atoms. The Labute approximate surface area is 150 Å². The Balaban J connectivity index is 1.59. The maximum Gasteiger partial charge on any atom is 0.230 e. The number of aromatic nitrogens is 2. The van der Waals surface area contributed by atoms with Crippen LogP contribution in [0.15, 0.2) is 36.7 Å². The quantitative estimate of drug-likeness (QED) is 0.911. The van der Waals surface area contributed by atoms with E-state index in [1.54, 1.807) is 18.3 Å². The van der Waals surface area contributed by atoms with E-state index < -0.39 is 24.3 Å². The molecule has 136 valence electrons. The number of nitrogens with one attached hydrogen (secondary N) is 1. The van der Waals surface area contributed by atoms with Gasteiger partial charge in [0.1, 0.15) is 6.17 Å². The molecule has 2 aromatic rings. The molecule has 2 aromatic heterocycles. The maximum absolute atomic E-state index is 14.3. The lowest BCUT2D eigenvalue weighted by Gasteiger charge is -2.29. The SMILES string of the molecule is COc1ccc(NC(=O)[C@H]2[C@@H](c3ccnc(C)c3)[C@H]3O[C@@H]2C[C@H]3F)cn1. The lowest BCUT2D eigenvalue weighted by atomic mass is 9.74. The zero-order chi connectivity index (χ0) is 18.3. The van der Waals surface area contributed by atoms with Crippen molar-refractivity contribution in [3.8, 4) is 5.88 Å². The molecule has 5 atom stereocenters. The summed E-state index contributed by atoms with van der Waals surface area (Å²) in [6.45, 7) is 1.88. The molecule has 0 saturated carbocycles. The molecule has 2 aliphatic heterocycles. The molecular weight excluding hydrogens is 337 g/mol. The summed E-state index contributed by atoms with van der Waals surface area (Å²) in [6.07, 6.45) is 1.42. The van der Waals surface area contributed by atoms with E-state index in [2.05, 4.69) is 15.3 Å². The third-order valence-corrected chi connectivity index (χ3v) is 5.11. The normalized spacial score (nSPS) is 29.6. The number of carbonyl (C=O) groups excluding carboxylic acids is 1. The number of fused-ring (bicyclic) bond motifs is 2. The van der Waals surface area contributed by atoms with Gasteiger partial charge in [-0.25, -0.2) is 9.37 Å². The topological polar surface area (TPSA) is 73.3 Å². The average molecular weight is 357 g/mol. The van der Waals surface area contributed by atoms with Crippen LogP contribution in [0, 0.1) is 12.8 Å². The Morgan fingerprint density at radius 2 is 2.19 bits per heavy atom. The summed E-state index contributed by atoms with van der Waals surface area (Å²) in [6, 6.07) is 7.13. The van der Waals surface area contributed by atoms with Crippen LogP contribution in [0.25, 0.3) is 0 Å². The number of aryl methyl sites for hydroxylation is 1. The van der Waals surface area contributed by atoms with E-state index in [9.17, 15) is 9.18 Å². The van der Waals surface area contributed by atoms with Gasteiger partial charge in [0.05, 0.1) is 37.1 Å². The maximum atomic E-state index is 14.3. The number of anilines is 1. The van der Waals surface area contributed by atoms with Crippen LogP contribution >= 0.6 is 0 Å². The fourth-order valence-corrected chi connectivity index (χ4v) is 3.98. The molecule has 0 unspecified atom stereocenters. The smallest absolute Gasteiger partial charge is 0.230 e. The standard InChI is InChI=1S/C19H20FN3O3/c1-10-7-11(5-6-21-10)16-17(14-8-13(20)18(16)26-14)19(24)23-12-3-4-15(25-2)22-9-12/h3-7,9,13-14,16-18H,8H2,1-2H3,(H,23,24)/t13-,14-,16-,17-,18+/m1/s1. The fourth-order valence-electron chi connectivity index (χ4n) is 3.98. The van der Waals surface area contributed by atoms with E-state index in [0.29, 0.717) is 11.6 Å². The number of rotatable bonds is 4. The van der Waals surface area contributed by atoms with Crippen molar-refractivity contribution in [3.05, 3.63) is 47.9 Å². The number of pyridine rings is 2. The van der Waals surface area contributed by atoms with E-state index in [0.717, 1.165) is 11.3 Å². The van der Waals surface area contributed by atoms with Gasteiger partial charge < -0.3 is 14.8 Å². The van der Waals surface area contributed by atoms with E-state index in [4.69, 9.17) is 9.47 Å². The number of alkyl halides is 1. The van der Waals surface area contributed by atoms with Gasteiger partial charge >= 0.3 is 0 Å². The van der Waals surface area contributed by atoms with Crippen molar-refractivity contribution in [2.75, 3.05) is 12.4 Å². The third-order valence-electron chi connectivity index (χ3n) is 5.11. The zero-order valence-electron chi connectivity index (χ0n) is 14.6. The highest BCUT2D eigenvalue weighted by atomic mass is 19.1. The first-order valence-electron chi connectivity index (χ1n) is 8.60. The van der Waals surface area contributed by atoms with Crippen molar-refractivity contribution in [2.45, 2.75) is 37.6 Å². The van der Waals surface area contributed by atoms with Gasteiger partial charge in [0.25, 0.3) is 0 Å². The predicted molar refractivity (Wildman–Crippen MR) is 92.8 cm³/mol. The van der Waals surface area contributed by atoms with Gasteiger partial charge in [0.2, 0.25) is 11.8 Å². The zero-order valence-corrected chi connectivity index (χ0v) is 14.6. The molecule has 2 saturated heterocycles. The summed E-state index contributed by atoms with van der Waals surface area (Å²) in [5, 5.41) is 2.87. The Hall–Kier alpha value is -2.54. The minimum absolute atomic E-state index is 0.184. The van der Waals surface area contributed by atoms with Gasteiger partial charge in [0, 0.05) is 30.3 Å². The highest BCUT2D eigenvalue weighted by Gasteiger charge is 2.57. The van der Waals surface area contributed by atoms with Crippen molar-refractivity contribution >= 4 is 11.6 Å². The molecule has 4 rings (SSSR count). The van der Waals surface area contributed by atoms with Gasteiger partial charge in [-0.2, -0.15) is 0 Å². The monoisotopic (exact) mass is 357 g/mol. The number of amides is 1. The summed E-state index contributed by atoms with van der Waals surface area (Å²) in [4.78, 5) is 21.2. The molecule has 2 aliphatic rings. The van der Waals surface area contributed by atoms with Crippen LogP contribution in [0.4, 0.5) is 10.1 Å². The molecule has 7 heteroatoms. The van der Waals surface area contributed by atoms with Gasteiger partial charge in [-0.3, -0.25) is 9.78 Å². The molecular formula is C19H20FN3O3. The second-order valence-corrected chi connectivity index (χ2v) is 6.75. The van der Waals surface area contributed by atoms with Crippen molar-refractivity contribution in [1.29, 1.82) is 0 Å². The molecule has 0 aromatic carbocycles. The number of halogens is 1. The lowest BCUT2D eigenvalue weighted by molar-refractivity contribution is -0.121. The minimum atomic E-state index is -1.05. The highest BCUT2D eigenvalue weighted by Crippen LogP contribution is 2.50. The molecule has 4 heterocycles. The molecule has 2 bridgehead atoms. The Morgan fingerprint density at radius 1 is 1.35 bits per heavy atom. The summed E-state index contributed by atoms with van der Waals surface area (Å²) < 4.78 is 25.1. The van der Waals surface area contributed by atoms with Crippen LogP contribution in [0.3, 0.4) is 0 Å². The number of hydrogen-bond donors (Lipinski definition) is 1. The fraction of sp³-hybridized carbons (Fsp3) is 0.421. The first-order valence-corrected chi connectivity index (χ1v) is 8.60. The molecule has 0 aliphatic carbocycles. The van der Waals surface area contributed by atoms with Crippen LogP contribution in [0.2, 0.25) is 0 Å². The van der Waals surface area contributed by atoms with E-state index in [-0.39, 0.29) is 18.2 Å². The van der Waals surface area contributed by atoms with Crippen molar-refractivity contribution in [3.63, 3.8) is 0 Å². The van der Waals surface area contributed by atoms with Crippen molar-refractivity contribution in [1.82, 2.24) is 9.97 Å². The molecule has 0 radical (unpaired) electrons. The van der Waals surface area contributed by atoms with Crippen LogP contribution in [0.1, 0.15) is 23.6 Å². The number of hydrogen-bond acceptors (Lipinski definition) is 5. The third kappa shape index (κ3) is 2.92. The molecule has 1 amide bonds. The number of carbonyl (C=O) groups is 1. The van der Waals surface area contributed by atoms with Crippen LogP contribution in [-0.2, 0) is 9.53 Å². The van der Waals surface area contributed by atoms with Crippen LogP contribution in [-0.4, -0.2) is 41.4 Å². The average Bonchev–Trinajstić information content (AvgIpc) is 3.19. The Morgan fingerprint density at radius 3 is 2.88 bits per heavy atom. The summed E-state index contributed by atoms with van der Waals surface area (Å²) in [7, 11) is 1.53. The van der Waals surface area contributed by atoms with Gasteiger partial charge in [-0.15, -0.1) is 0 Å². The van der Waals surface area contributed by atoms with Crippen LogP contribution < -0.4 is 10.1 Å². The summed E-state index contributed by atoms with van der Waals surface area (Å²) >= 11 is 0. The molecule has 2 fully saturated rings. The van der Waals surface area contributed by atoms with E-state index in [1.807, 2.05) is 19.1 Å². The lowest BCUT2D eigenvalue weighted by Crippen LogP contribution is -2.39. The second kappa shape index (κ2) is 6.64. The number of nitrogens with zero attached hydrogens (tertiary/aromatic N) is 2. The molecule has 6 nitrogen and oxygen atoms in total. The summed E-state index contributed by atoms with van der Waals surface area (Å²) in [5.74, 6) is -0.486. The largest absolute Gasteiger partial charge is 0.481 e. The first kappa shape index (κ1) is 16.9.